The van der Waals surface area contributed by atoms with Gasteiger partial charge in [0.2, 0.25) is 0 Å². The van der Waals surface area contributed by atoms with E-state index >= 15 is 0 Å². The third-order valence-corrected chi connectivity index (χ3v) is 3.23. The van der Waals surface area contributed by atoms with Crippen molar-refractivity contribution in [2.75, 3.05) is 0 Å². The van der Waals surface area contributed by atoms with E-state index in [1.807, 2.05) is 6.07 Å². The standard InChI is InChI=1S/C9H12BrNO/c1-8(2)5-9(8,11)7-3-6(10)4-12-7/h3-4H,5,11H2,1-2H3. The topological polar surface area (TPSA) is 39.2 Å². The first-order valence-corrected chi connectivity index (χ1v) is 4.78. The van der Waals surface area contributed by atoms with Crippen molar-refractivity contribution in [2.24, 2.45) is 11.1 Å². The molecule has 1 unspecified atom stereocenters. The summed E-state index contributed by atoms with van der Waals surface area (Å²) in [6.07, 6.45) is 2.68. The molecule has 0 bridgehead atoms. The second-order valence-electron chi connectivity index (χ2n) is 4.16. The molecule has 0 aliphatic heterocycles. The quantitative estimate of drug-likeness (QED) is 0.805. The van der Waals surface area contributed by atoms with Crippen molar-refractivity contribution in [2.45, 2.75) is 25.8 Å². The van der Waals surface area contributed by atoms with Crippen LogP contribution in [0.4, 0.5) is 0 Å². The molecule has 1 aliphatic carbocycles. The van der Waals surface area contributed by atoms with Gasteiger partial charge in [0, 0.05) is 0 Å². The summed E-state index contributed by atoms with van der Waals surface area (Å²) < 4.78 is 6.32. The number of halogens is 1. The Balaban J connectivity index is 2.34. The lowest BCUT2D eigenvalue weighted by Gasteiger charge is -2.10. The van der Waals surface area contributed by atoms with Crippen LogP contribution < -0.4 is 5.73 Å². The molecule has 2 nitrogen and oxygen atoms in total. The Labute approximate surface area is 80.3 Å². The largest absolute Gasteiger partial charge is 0.466 e. The van der Waals surface area contributed by atoms with Crippen LogP contribution in [0.25, 0.3) is 0 Å². The van der Waals surface area contributed by atoms with Gasteiger partial charge in [-0.3, -0.25) is 0 Å². The fraction of sp³-hybridized carbons (Fsp3) is 0.556. The molecule has 0 amide bonds. The first-order chi connectivity index (χ1) is 5.46. The number of rotatable bonds is 1. The van der Waals surface area contributed by atoms with Crippen LogP contribution in [0.3, 0.4) is 0 Å². The van der Waals surface area contributed by atoms with E-state index in [9.17, 15) is 0 Å². The molecule has 1 heterocycles. The molecule has 0 saturated heterocycles. The first-order valence-electron chi connectivity index (χ1n) is 3.99. The highest BCUT2D eigenvalue weighted by atomic mass is 79.9. The third kappa shape index (κ3) is 0.962. The minimum Gasteiger partial charge on any atom is -0.466 e. The Morgan fingerprint density at radius 3 is 2.50 bits per heavy atom. The average molecular weight is 230 g/mol. The van der Waals surface area contributed by atoms with E-state index in [0.717, 1.165) is 16.7 Å². The summed E-state index contributed by atoms with van der Waals surface area (Å²) in [7, 11) is 0. The van der Waals surface area contributed by atoms with E-state index in [1.165, 1.54) is 0 Å². The molecular weight excluding hydrogens is 218 g/mol. The average Bonchev–Trinajstić information content (AvgIpc) is 2.37. The van der Waals surface area contributed by atoms with Crippen LogP contribution in [0.1, 0.15) is 26.0 Å². The molecule has 66 valence electrons. The predicted molar refractivity (Wildman–Crippen MR) is 50.7 cm³/mol. The Hall–Kier alpha value is -0.280. The molecule has 2 N–H and O–H groups in total. The lowest BCUT2D eigenvalue weighted by molar-refractivity contribution is 0.400. The maximum Gasteiger partial charge on any atom is 0.125 e. The van der Waals surface area contributed by atoms with Crippen molar-refractivity contribution in [3.05, 3.63) is 22.6 Å². The van der Waals surface area contributed by atoms with Gasteiger partial charge in [0.15, 0.2) is 0 Å². The zero-order valence-electron chi connectivity index (χ0n) is 7.23. The summed E-state index contributed by atoms with van der Waals surface area (Å²) in [5.74, 6) is 0.888. The highest BCUT2D eigenvalue weighted by Crippen LogP contribution is 2.60. The van der Waals surface area contributed by atoms with Gasteiger partial charge < -0.3 is 10.2 Å². The van der Waals surface area contributed by atoms with Crippen molar-refractivity contribution in [3.8, 4) is 0 Å². The van der Waals surface area contributed by atoms with Gasteiger partial charge in [0.25, 0.3) is 0 Å². The molecule has 1 aromatic heterocycles. The summed E-state index contributed by atoms with van der Waals surface area (Å²) in [6.45, 7) is 4.31. The molecule has 12 heavy (non-hydrogen) atoms. The molecule has 1 atom stereocenters. The maximum atomic E-state index is 6.14. The Bertz CT molecular complexity index is 318. The van der Waals surface area contributed by atoms with Gasteiger partial charge in [-0.25, -0.2) is 0 Å². The monoisotopic (exact) mass is 229 g/mol. The molecule has 1 fully saturated rings. The Morgan fingerprint density at radius 2 is 2.17 bits per heavy atom. The lowest BCUT2D eigenvalue weighted by atomic mass is 10.0. The maximum absolute atomic E-state index is 6.14. The van der Waals surface area contributed by atoms with Crippen LogP contribution in [0.15, 0.2) is 21.2 Å². The van der Waals surface area contributed by atoms with Crippen molar-refractivity contribution < 1.29 is 4.42 Å². The second-order valence-corrected chi connectivity index (χ2v) is 5.08. The summed E-state index contributed by atoms with van der Waals surface area (Å²) in [4.78, 5) is 0. The molecule has 0 radical (unpaired) electrons. The fourth-order valence-corrected chi connectivity index (χ4v) is 1.92. The second kappa shape index (κ2) is 2.15. The third-order valence-electron chi connectivity index (χ3n) is 2.81. The fourth-order valence-electron chi connectivity index (χ4n) is 1.62. The summed E-state index contributed by atoms with van der Waals surface area (Å²) in [6, 6.07) is 1.95. The number of nitrogens with two attached hydrogens (primary N) is 1. The van der Waals surface area contributed by atoms with E-state index in [2.05, 4.69) is 29.8 Å². The Kier molecular flexibility index (Phi) is 1.49. The van der Waals surface area contributed by atoms with Gasteiger partial charge in [-0.15, -0.1) is 0 Å². The molecule has 2 rings (SSSR count). The van der Waals surface area contributed by atoms with Crippen LogP contribution in [0.2, 0.25) is 0 Å². The molecule has 1 saturated carbocycles. The minimum atomic E-state index is -0.237. The van der Waals surface area contributed by atoms with E-state index < -0.39 is 0 Å². The summed E-state index contributed by atoms with van der Waals surface area (Å²) in [5, 5.41) is 0. The SMILES string of the molecule is CC1(C)CC1(N)c1cc(Br)co1. The van der Waals surface area contributed by atoms with Gasteiger partial charge in [0.05, 0.1) is 10.0 Å². The lowest BCUT2D eigenvalue weighted by Crippen LogP contribution is -2.24. The molecular formula is C9H12BrNO. The Morgan fingerprint density at radius 1 is 1.58 bits per heavy atom. The van der Waals surface area contributed by atoms with Crippen molar-refractivity contribution in [1.29, 1.82) is 0 Å². The molecule has 0 aromatic carbocycles. The number of hydrogen-bond donors (Lipinski definition) is 1. The first kappa shape index (κ1) is 8.32. The van der Waals surface area contributed by atoms with Crippen LogP contribution in [0.5, 0.6) is 0 Å². The summed E-state index contributed by atoms with van der Waals surface area (Å²) in [5.41, 5.74) is 6.09. The van der Waals surface area contributed by atoms with E-state index in [0.29, 0.717) is 0 Å². The molecule has 1 aromatic rings. The van der Waals surface area contributed by atoms with Crippen molar-refractivity contribution in [3.63, 3.8) is 0 Å². The summed E-state index contributed by atoms with van der Waals surface area (Å²) >= 11 is 3.34. The minimum absolute atomic E-state index is 0.185. The molecule has 0 spiro atoms. The highest BCUT2D eigenvalue weighted by molar-refractivity contribution is 9.10. The molecule has 3 heteroatoms. The van der Waals surface area contributed by atoms with Crippen LogP contribution >= 0.6 is 15.9 Å². The van der Waals surface area contributed by atoms with Crippen LogP contribution in [-0.2, 0) is 5.54 Å². The van der Waals surface area contributed by atoms with E-state index in [4.69, 9.17) is 10.2 Å². The highest BCUT2D eigenvalue weighted by Gasteiger charge is 2.61. The van der Waals surface area contributed by atoms with Gasteiger partial charge in [-0.1, -0.05) is 13.8 Å². The van der Waals surface area contributed by atoms with Gasteiger partial charge in [0.1, 0.15) is 12.0 Å². The molecule has 1 aliphatic rings. The normalized spacial score (nSPS) is 32.0. The van der Waals surface area contributed by atoms with Crippen molar-refractivity contribution >= 4 is 15.9 Å². The van der Waals surface area contributed by atoms with Gasteiger partial charge in [-0.2, -0.15) is 0 Å². The number of hydrogen-bond acceptors (Lipinski definition) is 2. The smallest absolute Gasteiger partial charge is 0.125 e. The number of furan rings is 1. The van der Waals surface area contributed by atoms with Crippen LogP contribution in [-0.4, -0.2) is 0 Å². The van der Waals surface area contributed by atoms with Gasteiger partial charge in [-0.05, 0) is 33.8 Å². The van der Waals surface area contributed by atoms with Gasteiger partial charge >= 0.3 is 0 Å². The predicted octanol–water partition coefficient (Wildman–Crippen LogP) is 2.63. The van der Waals surface area contributed by atoms with Crippen LogP contribution in [0, 0.1) is 5.41 Å². The van der Waals surface area contributed by atoms with Crippen molar-refractivity contribution in [1.82, 2.24) is 0 Å². The zero-order valence-corrected chi connectivity index (χ0v) is 8.81. The van der Waals surface area contributed by atoms with E-state index in [1.54, 1.807) is 6.26 Å². The van der Waals surface area contributed by atoms with E-state index in [-0.39, 0.29) is 11.0 Å². The zero-order chi connectivity index (χ0) is 8.98.